The van der Waals surface area contributed by atoms with Crippen molar-refractivity contribution in [3.8, 4) is 5.88 Å². The molecule has 0 aliphatic heterocycles. The van der Waals surface area contributed by atoms with E-state index < -0.39 is 12.0 Å². The fourth-order valence-corrected chi connectivity index (χ4v) is 4.17. The smallest absolute Gasteiger partial charge is 0.329 e. The molecular formula is C21H19ClN2O3S2. The van der Waals surface area contributed by atoms with E-state index in [1.165, 1.54) is 22.1 Å². The molecule has 0 bridgehead atoms. The predicted molar refractivity (Wildman–Crippen MR) is 119 cm³/mol. The van der Waals surface area contributed by atoms with Crippen LogP contribution in [0, 0.1) is 3.95 Å². The molecule has 29 heavy (non-hydrogen) atoms. The van der Waals surface area contributed by atoms with Gasteiger partial charge in [0.25, 0.3) is 0 Å². The second-order valence-corrected chi connectivity index (χ2v) is 8.23. The number of hydrogen-bond acceptors (Lipinski definition) is 6. The molecule has 0 fully saturated rings. The molecule has 0 saturated carbocycles. The number of thiazole rings is 1. The Morgan fingerprint density at radius 1 is 1.28 bits per heavy atom. The Morgan fingerprint density at radius 2 is 1.97 bits per heavy atom. The lowest BCUT2D eigenvalue weighted by Crippen LogP contribution is -2.24. The quantitative estimate of drug-likeness (QED) is 0.285. The number of aromatic hydroxyl groups is 1. The first-order chi connectivity index (χ1) is 14.0. The SMILES string of the molecule is CCOC(=O)[C@H](Cc1ccccc1)n1c(O)c(C=Nc2ccc(Cl)cc2)sc1=S. The van der Waals surface area contributed by atoms with Gasteiger partial charge in [0.2, 0.25) is 5.88 Å². The second kappa shape index (κ2) is 9.82. The van der Waals surface area contributed by atoms with Crippen LogP contribution in [-0.4, -0.2) is 28.5 Å². The molecule has 2 aromatic carbocycles. The van der Waals surface area contributed by atoms with E-state index >= 15 is 0 Å². The highest BCUT2D eigenvalue weighted by Gasteiger charge is 2.27. The van der Waals surface area contributed by atoms with Gasteiger partial charge < -0.3 is 9.84 Å². The van der Waals surface area contributed by atoms with Gasteiger partial charge >= 0.3 is 5.97 Å². The third-order valence-corrected chi connectivity index (χ3v) is 5.72. The number of carbonyl (C=O) groups excluding carboxylic acids is 1. The minimum Gasteiger partial charge on any atom is -0.493 e. The lowest BCUT2D eigenvalue weighted by Gasteiger charge is -2.18. The summed E-state index contributed by atoms with van der Waals surface area (Å²) in [4.78, 5) is 17.4. The molecule has 1 atom stereocenters. The van der Waals surface area contributed by atoms with E-state index in [9.17, 15) is 9.90 Å². The highest BCUT2D eigenvalue weighted by Crippen LogP contribution is 2.31. The van der Waals surface area contributed by atoms with Gasteiger partial charge in [-0.05, 0) is 49.0 Å². The number of nitrogens with zero attached hydrogens (tertiary/aromatic N) is 2. The molecule has 3 aromatic rings. The molecule has 1 N–H and O–H groups in total. The van der Waals surface area contributed by atoms with Crippen molar-refractivity contribution in [3.05, 3.63) is 74.0 Å². The molecule has 0 spiro atoms. The van der Waals surface area contributed by atoms with E-state index in [0.717, 1.165) is 5.56 Å². The average molecular weight is 447 g/mol. The number of aliphatic imine (C=N–C) groups is 1. The summed E-state index contributed by atoms with van der Waals surface area (Å²) in [5.41, 5.74) is 1.63. The van der Waals surface area contributed by atoms with E-state index in [1.54, 1.807) is 31.2 Å². The molecule has 0 amide bonds. The summed E-state index contributed by atoms with van der Waals surface area (Å²) >= 11 is 12.5. The van der Waals surface area contributed by atoms with E-state index in [-0.39, 0.29) is 12.5 Å². The van der Waals surface area contributed by atoms with Crippen molar-refractivity contribution in [3.63, 3.8) is 0 Å². The molecule has 5 nitrogen and oxygen atoms in total. The number of halogens is 1. The summed E-state index contributed by atoms with van der Waals surface area (Å²) < 4.78 is 7.04. The molecule has 150 valence electrons. The van der Waals surface area contributed by atoms with Gasteiger partial charge in [-0.25, -0.2) is 4.79 Å². The van der Waals surface area contributed by atoms with E-state index in [2.05, 4.69) is 4.99 Å². The first-order valence-electron chi connectivity index (χ1n) is 8.94. The van der Waals surface area contributed by atoms with Gasteiger partial charge in [0.1, 0.15) is 10.9 Å². The van der Waals surface area contributed by atoms with Crippen LogP contribution in [0.25, 0.3) is 0 Å². The summed E-state index contributed by atoms with van der Waals surface area (Å²) in [7, 11) is 0. The Bertz CT molecular complexity index is 1060. The van der Waals surface area contributed by atoms with Crippen molar-refractivity contribution < 1.29 is 14.6 Å². The average Bonchev–Trinajstić information content (AvgIpc) is 3.00. The Balaban J connectivity index is 1.94. The normalized spacial score (nSPS) is 12.2. The molecule has 1 aromatic heterocycles. The maximum Gasteiger partial charge on any atom is 0.329 e. The number of aromatic nitrogens is 1. The zero-order valence-corrected chi connectivity index (χ0v) is 18.0. The van der Waals surface area contributed by atoms with E-state index in [1.807, 2.05) is 30.3 Å². The van der Waals surface area contributed by atoms with Crippen LogP contribution in [0.4, 0.5) is 5.69 Å². The summed E-state index contributed by atoms with van der Waals surface area (Å²) in [5.74, 6) is -0.548. The zero-order chi connectivity index (χ0) is 20.8. The molecule has 1 heterocycles. The van der Waals surface area contributed by atoms with E-state index in [4.69, 9.17) is 28.6 Å². The van der Waals surface area contributed by atoms with Gasteiger partial charge in [-0.3, -0.25) is 9.56 Å². The number of ether oxygens (including phenoxy) is 1. The number of carbonyl (C=O) groups is 1. The molecular weight excluding hydrogens is 428 g/mol. The van der Waals surface area contributed by atoms with Gasteiger partial charge in [0, 0.05) is 11.4 Å². The third-order valence-electron chi connectivity index (χ3n) is 4.14. The number of hydrogen-bond donors (Lipinski definition) is 1. The number of esters is 1. The van der Waals surface area contributed by atoms with Crippen LogP contribution >= 0.6 is 35.2 Å². The standard InChI is InChI=1S/C21H19ClN2O3S2/c1-2-27-20(26)17(12-14-6-4-3-5-7-14)24-19(25)18(29-21(24)28)13-23-16-10-8-15(22)9-11-16/h3-11,13,17,25H,2,12H2,1H3/t17-/m0/s1. The molecule has 0 radical (unpaired) electrons. The van der Waals surface area contributed by atoms with Crippen LogP contribution in [0.2, 0.25) is 5.02 Å². The summed E-state index contributed by atoms with van der Waals surface area (Å²) in [6, 6.07) is 15.8. The maximum absolute atomic E-state index is 12.6. The Hall–Kier alpha value is -2.48. The fourth-order valence-electron chi connectivity index (χ4n) is 2.77. The van der Waals surface area contributed by atoms with Crippen LogP contribution in [0.15, 0.2) is 59.6 Å². The molecule has 0 aliphatic rings. The van der Waals surface area contributed by atoms with Gasteiger partial charge in [0.15, 0.2) is 3.95 Å². The lowest BCUT2D eigenvalue weighted by molar-refractivity contribution is -0.147. The van der Waals surface area contributed by atoms with Gasteiger partial charge in [-0.1, -0.05) is 53.3 Å². The van der Waals surface area contributed by atoms with Crippen molar-refractivity contribution in [2.75, 3.05) is 6.61 Å². The van der Waals surface area contributed by atoms with Crippen molar-refractivity contribution >= 4 is 53.0 Å². The number of benzene rings is 2. The summed E-state index contributed by atoms with van der Waals surface area (Å²) in [5, 5.41) is 11.4. The Labute approximate surface area is 182 Å². The summed E-state index contributed by atoms with van der Waals surface area (Å²) in [6.07, 6.45) is 1.88. The molecule has 0 unspecified atom stereocenters. The van der Waals surface area contributed by atoms with Crippen molar-refractivity contribution in [1.29, 1.82) is 0 Å². The first-order valence-corrected chi connectivity index (χ1v) is 10.5. The Morgan fingerprint density at radius 3 is 2.62 bits per heavy atom. The minimum atomic E-state index is -0.765. The van der Waals surface area contributed by atoms with Crippen molar-refractivity contribution in [2.45, 2.75) is 19.4 Å². The topological polar surface area (TPSA) is 63.8 Å². The summed E-state index contributed by atoms with van der Waals surface area (Å²) in [6.45, 7) is 1.99. The van der Waals surface area contributed by atoms with Crippen LogP contribution in [0.3, 0.4) is 0 Å². The zero-order valence-electron chi connectivity index (χ0n) is 15.6. The van der Waals surface area contributed by atoms with Crippen molar-refractivity contribution in [1.82, 2.24) is 4.57 Å². The van der Waals surface area contributed by atoms with Gasteiger partial charge in [0.05, 0.1) is 18.5 Å². The lowest BCUT2D eigenvalue weighted by atomic mass is 10.1. The molecule has 0 saturated heterocycles. The van der Waals surface area contributed by atoms with Crippen LogP contribution < -0.4 is 0 Å². The largest absolute Gasteiger partial charge is 0.493 e. The van der Waals surface area contributed by atoms with Crippen LogP contribution in [0.5, 0.6) is 5.88 Å². The third kappa shape index (κ3) is 5.32. The minimum absolute atomic E-state index is 0.105. The highest BCUT2D eigenvalue weighted by molar-refractivity contribution is 7.73. The van der Waals surface area contributed by atoms with E-state index in [0.29, 0.717) is 26.0 Å². The Kier molecular flexibility index (Phi) is 7.19. The molecule has 8 heteroatoms. The predicted octanol–water partition coefficient (Wildman–Crippen LogP) is 5.74. The monoisotopic (exact) mass is 446 g/mol. The van der Waals surface area contributed by atoms with Crippen molar-refractivity contribution in [2.24, 2.45) is 4.99 Å². The highest BCUT2D eigenvalue weighted by atomic mass is 35.5. The maximum atomic E-state index is 12.6. The second-order valence-electron chi connectivity index (χ2n) is 6.12. The number of rotatable bonds is 7. The molecule has 3 rings (SSSR count). The van der Waals surface area contributed by atoms with Gasteiger partial charge in [-0.2, -0.15) is 0 Å². The first kappa shape index (κ1) is 21.2. The molecule has 0 aliphatic carbocycles. The van der Waals surface area contributed by atoms with Crippen LogP contribution in [-0.2, 0) is 16.0 Å². The fraction of sp³-hybridized carbons (Fsp3) is 0.190. The van der Waals surface area contributed by atoms with Crippen LogP contribution in [0.1, 0.15) is 23.4 Å². The van der Waals surface area contributed by atoms with Gasteiger partial charge in [-0.15, -0.1) is 0 Å².